The number of rotatable bonds is 4. The van der Waals surface area contributed by atoms with Crippen LogP contribution >= 0.6 is 0 Å². The largest absolute Gasteiger partial charge is 0.366 e. The molecule has 2 unspecified atom stereocenters. The highest BCUT2D eigenvalue weighted by Gasteiger charge is 2.48. The highest BCUT2D eigenvalue weighted by Crippen LogP contribution is 2.40. The lowest BCUT2D eigenvalue weighted by atomic mass is 9.85. The van der Waals surface area contributed by atoms with Crippen molar-refractivity contribution < 1.29 is 18.9 Å². The predicted molar refractivity (Wildman–Crippen MR) is 122 cm³/mol. The molecule has 2 atom stereocenters. The van der Waals surface area contributed by atoms with Crippen LogP contribution < -0.4 is 14.7 Å². The number of nitro benzene ring substituents is 1. The third kappa shape index (κ3) is 3.63. The lowest BCUT2D eigenvalue weighted by molar-refractivity contribution is -0.384. The number of carbonyl (C=O) groups excluding carboxylic acids is 2. The van der Waals surface area contributed by atoms with Crippen LogP contribution in [0, 0.1) is 27.8 Å². The second-order valence-corrected chi connectivity index (χ2v) is 8.52. The summed E-state index contributed by atoms with van der Waals surface area (Å²) in [7, 11) is 0. The highest BCUT2D eigenvalue weighted by atomic mass is 19.1. The maximum absolute atomic E-state index is 14.1. The molecule has 2 aliphatic heterocycles. The van der Waals surface area contributed by atoms with Crippen LogP contribution in [0.25, 0.3) is 0 Å². The van der Waals surface area contributed by atoms with Crippen LogP contribution in [0.5, 0.6) is 0 Å². The van der Waals surface area contributed by atoms with E-state index in [0.717, 1.165) is 4.90 Å². The SMILES string of the molecule is O=C1C2CC=CCC2C(=O)N1c1ccc(N2CCN(c3ccccc3F)CC2)c([N+](=O)[O-])c1. The molecule has 9 heteroatoms. The summed E-state index contributed by atoms with van der Waals surface area (Å²) in [5, 5.41) is 11.9. The molecule has 33 heavy (non-hydrogen) atoms. The molecule has 8 nitrogen and oxygen atoms in total. The van der Waals surface area contributed by atoms with Gasteiger partial charge in [-0.05, 0) is 37.1 Å². The second kappa shape index (κ2) is 8.31. The van der Waals surface area contributed by atoms with E-state index in [1.165, 1.54) is 12.1 Å². The van der Waals surface area contributed by atoms with Crippen LogP contribution in [0.3, 0.4) is 0 Å². The molecule has 170 valence electrons. The number of nitro groups is 1. The Morgan fingerprint density at radius 3 is 2.00 bits per heavy atom. The number of amides is 2. The molecule has 2 amide bonds. The number of hydrogen-bond acceptors (Lipinski definition) is 6. The van der Waals surface area contributed by atoms with Gasteiger partial charge in [-0.3, -0.25) is 19.7 Å². The van der Waals surface area contributed by atoms with Crippen molar-refractivity contribution in [3.63, 3.8) is 0 Å². The Labute approximate surface area is 190 Å². The number of anilines is 3. The molecule has 0 radical (unpaired) electrons. The quantitative estimate of drug-likeness (QED) is 0.307. The Balaban J connectivity index is 1.38. The maximum atomic E-state index is 14.1. The molecule has 0 N–H and O–H groups in total. The van der Waals surface area contributed by atoms with Gasteiger partial charge in [0.15, 0.2) is 0 Å². The van der Waals surface area contributed by atoms with E-state index >= 15 is 0 Å². The zero-order valence-electron chi connectivity index (χ0n) is 17.9. The molecule has 0 spiro atoms. The van der Waals surface area contributed by atoms with Crippen molar-refractivity contribution in [2.45, 2.75) is 12.8 Å². The predicted octanol–water partition coefficient (Wildman–Crippen LogP) is 3.52. The molecule has 0 saturated carbocycles. The first kappa shape index (κ1) is 21.1. The number of halogens is 1. The Morgan fingerprint density at radius 1 is 0.848 bits per heavy atom. The van der Waals surface area contributed by atoms with Crippen LogP contribution in [0.4, 0.5) is 27.1 Å². The number of carbonyl (C=O) groups is 2. The van der Waals surface area contributed by atoms with E-state index in [9.17, 15) is 24.1 Å². The van der Waals surface area contributed by atoms with E-state index < -0.39 is 16.8 Å². The molecule has 2 aromatic rings. The summed E-state index contributed by atoms with van der Waals surface area (Å²) < 4.78 is 14.1. The van der Waals surface area contributed by atoms with Gasteiger partial charge in [0.2, 0.25) is 11.8 Å². The van der Waals surface area contributed by atoms with Crippen molar-refractivity contribution in [2.75, 3.05) is 40.9 Å². The Bertz CT molecular complexity index is 1130. The van der Waals surface area contributed by atoms with Gasteiger partial charge in [0.1, 0.15) is 11.5 Å². The standard InChI is InChI=1S/C24H23FN4O4/c25-19-7-3-4-8-20(19)26-11-13-27(14-12-26)21-10-9-16(15-22(21)29(32)33)28-23(30)17-5-1-2-6-18(17)24(28)31/h1-4,7-10,15,17-18H,5-6,11-14H2. The van der Waals surface area contributed by atoms with Gasteiger partial charge in [0.25, 0.3) is 5.69 Å². The molecule has 2 heterocycles. The van der Waals surface area contributed by atoms with Gasteiger partial charge in [-0.1, -0.05) is 24.3 Å². The monoisotopic (exact) mass is 450 g/mol. The van der Waals surface area contributed by atoms with Crippen molar-refractivity contribution in [2.24, 2.45) is 11.8 Å². The molecular formula is C24H23FN4O4. The summed E-state index contributed by atoms with van der Waals surface area (Å²) in [5.41, 5.74) is 1.03. The number of hydrogen-bond donors (Lipinski definition) is 0. The van der Waals surface area contributed by atoms with Gasteiger partial charge < -0.3 is 9.80 Å². The number of fused-ring (bicyclic) bond motifs is 1. The lowest BCUT2D eigenvalue weighted by Gasteiger charge is -2.37. The molecule has 2 aromatic carbocycles. The summed E-state index contributed by atoms with van der Waals surface area (Å²) in [6.07, 6.45) is 4.83. The van der Waals surface area contributed by atoms with Crippen LogP contribution in [0.2, 0.25) is 0 Å². The number of para-hydroxylation sites is 1. The lowest BCUT2D eigenvalue weighted by Crippen LogP contribution is -2.47. The molecule has 1 aliphatic carbocycles. The molecule has 0 bridgehead atoms. The number of imide groups is 1. The summed E-state index contributed by atoms with van der Waals surface area (Å²) >= 11 is 0. The van der Waals surface area contributed by atoms with Gasteiger partial charge in [-0.15, -0.1) is 0 Å². The van der Waals surface area contributed by atoms with Gasteiger partial charge in [-0.2, -0.15) is 0 Å². The normalized spacial score (nSPS) is 22.6. The minimum absolute atomic E-state index is 0.152. The minimum Gasteiger partial charge on any atom is -0.366 e. The fourth-order valence-electron chi connectivity index (χ4n) is 5.02. The van der Waals surface area contributed by atoms with Crippen LogP contribution in [0.15, 0.2) is 54.6 Å². The van der Waals surface area contributed by atoms with Gasteiger partial charge in [0, 0.05) is 32.2 Å². The van der Waals surface area contributed by atoms with Crippen molar-refractivity contribution in [3.05, 3.63) is 70.5 Å². The van der Waals surface area contributed by atoms with Crippen LogP contribution in [-0.4, -0.2) is 42.9 Å². The summed E-state index contributed by atoms with van der Waals surface area (Å²) in [6.45, 7) is 1.98. The van der Waals surface area contributed by atoms with E-state index in [0.29, 0.717) is 50.4 Å². The summed E-state index contributed by atoms with van der Waals surface area (Å²) in [4.78, 5) is 42.1. The van der Waals surface area contributed by atoms with Crippen molar-refractivity contribution in [3.8, 4) is 0 Å². The molecule has 5 rings (SSSR count). The smallest absolute Gasteiger partial charge is 0.294 e. The van der Waals surface area contributed by atoms with E-state index in [-0.39, 0.29) is 29.0 Å². The van der Waals surface area contributed by atoms with E-state index in [4.69, 9.17) is 0 Å². The first-order valence-electron chi connectivity index (χ1n) is 11.0. The first-order valence-corrected chi connectivity index (χ1v) is 11.0. The van der Waals surface area contributed by atoms with E-state index in [1.54, 1.807) is 30.3 Å². The van der Waals surface area contributed by atoms with Crippen LogP contribution in [0.1, 0.15) is 12.8 Å². The highest BCUT2D eigenvalue weighted by molar-refractivity contribution is 6.22. The molecule has 0 aromatic heterocycles. The molecule has 3 aliphatic rings. The Morgan fingerprint density at radius 2 is 1.42 bits per heavy atom. The average molecular weight is 450 g/mol. The summed E-state index contributed by atoms with van der Waals surface area (Å²) in [5.74, 6) is -1.68. The zero-order chi connectivity index (χ0) is 23.1. The van der Waals surface area contributed by atoms with Gasteiger partial charge in [-0.25, -0.2) is 9.29 Å². The van der Waals surface area contributed by atoms with E-state index in [1.807, 2.05) is 22.0 Å². The number of benzene rings is 2. The Kier molecular flexibility index (Phi) is 5.32. The number of allylic oxidation sites excluding steroid dienone is 2. The van der Waals surface area contributed by atoms with E-state index in [2.05, 4.69) is 0 Å². The third-order valence-electron chi connectivity index (χ3n) is 6.73. The maximum Gasteiger partial charge on any atom is 0.294 e. The van der Waals surface area contributed by atoms with Gasteiger partial charge >= 0.3 is 0 Å². The molecular weight excluding hydrogens is 427 g/mol. The topological polar surface area (TPSA) is 87.0 Å². The average Bonchev–Trinajstić information content (AvgIpc) is 3.09. The fourth-order valence-corrected chi connectivity index (χ4v) is 5.02. The number of nitrogens with zero attached hydrogens (tertiary/aromatic N) is 4. The second-order valence-electron chi connectivity index (χ2n) is 8.52. The zero-order valence-corrected chi connectivity index (χ0v) is 17.9. The van der Waals surface area contributed by atoms with Crippen molar-refractivity contribution in [1.82, 2.24) is 0 Å². The fraction of sp³-hybridized carbons (Fsp3) is 0.333. The van der Waals surface area contributed by atoms with Crippen molar-refractivity contribution in [1.29, 1.82) is 0 Å². The first-order chi connectivity index (χ1) is 16.0. The van der Waals surface area contributed by atoms with Crippen LogP contribution in [-0.2, 0) is 9.59 Å². The Hall–Kier alpha value is -3.75. The van der Waals surface area contributed by atoms with Gasteiger partial charge in [0.05, 0.1) is 28.1 Å². The summed E-state index contributed by atoms with van der Waals surface area (Å²) in [6, 6.07) is 11.1. The molecule has 2 fully saturated rings. The number of piperazine rings is 1. The molecule has 2 saturated heterocycles. The van der Waals surface area contributed by atoms with Crippen molar-refractivity contribution >= 4 is 34.6 Å². The minimum atomic E-state index is -0.484. The third-order valence-corrected chi connectivity index (χ3v) is 6.73.